The fraction of sp³-hybridized carbons (Fsp3) is 0.578. The molecule has 0 aromatic carbocycles. The van der Waals surface area contributed by atoms with Crippen LogP contribution < -0.4 is 50.3 Å². The molecule has 1 amide bonds. The number of H-pyrrole nitrogens is 4. The van der Waals surface area contributed by atoms with Gasteiger partial charge in [-0.1, -0.05) is 25.7 Å². The number of nitrogens with one attached hydrogen (secondary N) is 5. The second-order valence-electron chi connectivity index (χ2n) is 35.8. The molecule has 714 valence electrons. The Morgan fingerprint density at radius 3 is 1.02 bits per heavy atom. The molecule has 5 fully saturated rings. The van der Waals surface area contributed by atoms with Crippen LogP contribution >= 0.6 is 34.4 Å². The minimum atomic E-state index is -1.43. The Kier molecular flexibility index (Phi) is 39.0. The molecule has 0 aliphatic carbocycles. The number of hydrogen-bond donors (Lipinski definition) is 15. The Bertz CT molecular complexity index is 5570. The van der Waals surface area contributed by atoms with Crippen LogP contribution in [0.1, 0.15) is 136 Å². The fourth-order valence-electron chi connectivity index (χ4n) is 13.6. The van der Waals surface area contributed by atoms with Gasteiger partial charge in [-0.3, -0.25) is 86.1 Å². The molecule has 0 radical (unpaired) electrons. The number of aromatic amines is 4. The van der Waals surface area contributed by atoms with Gasteiger partial charge in [0.05, 0.1) is 53.6 Å². The van der Waals surface area contributed by atoms with Crippen molar-refractivity contribution < 1.29 is 108 Å². The molecular weight excluding hydrogens is 1770 g/mol. The summed E-state index contributed by atoms with van der Waals surface area (Å²) < 4.78 is 37.1. The molecule has 10 heterocycles. The number of ether oxygens (including phenoxy) is 6. The quantitative estimate of drug-likeness (QED) is 0.0101. The van der Waals surface area contributed by atoms with Gasteiger partial charge in [-0.05, 0) is 169 Å². The average Bonchev–Trinajstić information content (AvgIpc) is 1.46. The van der Waals surface area contributed by atoms with Gasteiger partial charge in [-0.2, -0.15) is 0 Å². The Morgan fingerprint density at radius 1 is 0.430 bits per heavy atom. The number of ketones is 4. The summed E-state index contributed by atoms with van der Waals surface area (Å²) in [6.45, 7) is 24.4. The summed E-state index contributed by atoms with van der Waals surface area (Å²) in [5, 5.41) is 105. The molecule has 4 aromatic heterocycles. The maximum Gasteiger partial charge on any atom is 0.330 e. The Hall–Kier alpha value is -8.00. The zero-order valence-electron chi connectivity index (χ0n) is 74.8. The summed E-state index contributed by atoms with van der Waals surface area (Å²) >= 11 is 0. The molecule has 15 N–H and O–H groups in total. The van der Waals surface area contributed by atoms with Crippen LogP contribution in [0.4, 0.5) is 0 Å². The van der Waals surface area contributed by atoms with Crippen molar-refractivity contribution in [3.8, 4) is 0 Å². The van der Waals surface area contributed by atoms with Gasteiger partial charge >= 0.3 is 28.7 Å². The van der Waals surface area contributed by atoms with E-state index in [0.717, 1.165) is 68.7 Å². The predicted molar refractivity (Wildman–Crippen MR) is 499 cm³/mol. The van der Waals surface area contributed by atoms with Crippen molar-refractivity contribution in [1.82, 2.24) is 48.4 Å². The van der Waals surface area contributed by atoms with Crippen molar-refractivity contribution in [2.75, 3.05) is 104 Å². The van der Waals surface area contributed by atoms with E-state index in [0.29, 0.717) is 55.2 Å². The number of carbonyl (C=O) groups excluding carboxylic acids is 6. The van der Waals surface area contributed by atoms with Crippen molar-refractivity contribution >= 4 is 113 Å². The van der Waals surface area contributed by atoms with Crippen LogP contribution in [0.2, 0.25) is 0 Å². The maximum atomic E-state index is 12.2. The number of amides is 1. The zero-order chi connectivity index (χ0) is 96.8. The van der Waals surface area contributed by atoms with E-state index >= 15 is 0 Å². The lowest BCUT2D eigenvalue weighted by Crippen LogP contribution is -2.47. The van der Waals surface area contributed by atoms with E-state index in [4.69, 9.17) is 23.7 Å². The number of allylic oxidation sites excluding steroid dienone is 2. The second kappa shape index (κ2) is 45.9. The molecule has 6 aliphatic rings. The summed E-state index contributed by atoms with van der Waals surface area (Å²) in [6, 6.07) is 0. The highest BCUT2D eigenvalue weighted by atomic mass is 31.2. The van der Waals surface area contributed by atoms with Gasteiger partial charge in [0.2, 0.25) is 5.78 Å². The van der Waals surface area contributed by atoms with E-state index in [9.17, 15) is 118 Å². The van der Waals surface area contributed by atoms with Crippen molar-refractivity contribution in [3.63, 3.8) is 0 Å². The van der Waals surface area contributed by atoms with E-state index in [1.807, 2.05) is 43.6 Å². The molecule has 5 unspecified atom stereocenters. The number of rotatable bonds is 30. The molecule has 0 saturated carbocycles. The molecule has 5 saturated heterocycles. The van der Waals surface area contributed by atoms with E-state index in [1.54, 1.807) is 30.2 Å². The smallest absolute Gasteiger partial charge is 0.330 e. The van der Waals surface area contributed by atoms with Crippen molar-refractivity contribution in [2.45, 2.75) is 202 Å². The number of aromatic nitrogens is 8. The molecule has 128 heavy (non-hydrogen) atoms. The first-order chi connectivity index (χ1) is 59.0. The van der Waals surface area contributed by atoms with Gasteiger partial charge in [0.15, 0.2) is 49.3 Å². The van der Waals surface area contributed by atoms with Crippen molar-refractivity contribution in [2.24, 2.45) is 0 Å². The summed E-state index contributed by atoms with van der Waals surface area (Å²) in [4.78, 5) is 175. The minimum absolute atomic E-state index is 0.0679. The van der Waals surface area contributed by atoms with Crippen LogP contribution in [0.25, 0.3) is 12.2 Å². The van der Waals surface area contributed by atoms with Gasteiger partial charge < -0.3 is 89.7 Å². The predicted octanol–water partition coefficient (Wildman–Crippen LogP) is -0.707. The summed E-state index contributed by atoms with van der Waals surface area (Å²) in [6.07, 6.45) is 18.5. The van der Waals surface area contributed by atoms with Crippen molar-refractivity contribution in [1.29, 1.82) is 0 Å². The standard InChI is InChI=1S/C17H25N2O8P.C17H25N2O7P.C17H25N2O6P.C17H27N2O5P.C15H25N2O4P/c1-9(20)26-8-11(21)10-7-19(17(25)18-15(10)24)16-14(23)13(22)12(27-16)5-6-28(2,3)4;1-9(20)7-11(21)10-8-19(17(25)18-15(10)24)16-14(23)13(22)12(26-16)5-6-27(2,3)4;1-10(20)5-6-11-9-19(17(24)18-15(11)23)16-14(22)13(21)12(25-16)7-8-26(2,3)4;1-5-6-7-11-10-19(17(23)18-15(11)22)16-14(21)13(20)12(24-16)8-9-25(2,3)4;1-9-8-17(10(2)16-14(9)20)15-13(19)12(18)11(21-15)6-7-22(3,4)5/h7,12-14,16,22-23H,2,5-6,8H2,1,3-4H3,(H,18,24,25);8,12-14,16,22-23H,2,5-7H2,1,3-4H3,(H,18,24,25);5-6,9,12-14,16,21-22H,2,7-8H2,1,3-4H3,(H,18,23,24);6-7,10,12-14,16,20-21H,2,5,8-9H2,1,3-4H3,(H,18,22,23);8,11-13,15,18-19H,2-3,6-7H2,1,4-5H3,(H,16,20)/b;;6-5+;7-6+;/t4*12-,13-,14?,16-;11-,12-,13?,15-/m11111/s1. The van der Waals surface area contributed by atoms with Crippen LogP contribution in [-0.4, -0.2) is 363 Å². The number of carbonyl (C=O) groups is 6. The molecular formula is C83H127N10O30P5. The van der Waals surface area contributed by atoms with E-state index < -0.39 is 244 Å². The maximum absolute atomic E-state index is 12.2. The second-order valence-corrected chi connectivity index (χ2v) is 57.4. The Morgan fingerprint density at radius 2 is 0.719 bits per heavy atom. The highest BCUT2D eigenvalue weighted by Crippen LogP contribution is 2.44. The monoisotopic (exact) mass is 1900 g/mol. The highest BCUT2D eigenvalue weighted by Gasteiger charge is 2.50. The normalized spacial score (nSPS) is 27.2. The third kappa shape index (κ3) is 31.1. The number of esters is 1. The molecule has 4 aromatic rings. The number of hydrogen-bond acceptors (Lipinski definition) is 31. The van der Waals surface area contributed by atoms with Gasteiger partial charge in [0.25, 0.3) is 28.1 Å². The van der Waals surface area contributed by atoms with Crippen LogP contribution in [0.5, 0.6) is 0 Å². The van der Waals surface area contributed by atoms with E-state index in [1.165, 1.54) is 38.4 Å². The van der Waals surface area contributed by atoms with Crippen molar-refractivity contribution in [3.05, 3.63) is 167 Å². The van der Waals surface area contributed by atoms with Gasteiger partial charge in [-0.25, -0.2) is 19.2 Å². The first kappa shape index (κ1) is 109. The third-order valence-corrected chi connectivity index (χ3v) is 28.1. The minimum Gasteiger partial charge on any atom is -0.457 e. The van der Waals surface area contributed by atoms with Crippen LogP contribution in [0.15, 0.2) is 99.5 Å². The van der Waals surface area contributed by atoms with E-state index in [2.05, 4.69) is 98.1 Å². The lowest BCUT2D eigenvalue weighted by molar-refractivity contribution is -0.139. The Balaban J connectivity index is 0.000000247. The number of aliphatic hydroxyl groups is 10. The van der Waals surface area contributed by atoms with Gasteiger partial charge in [0.1, 0.15) is 78.2 Å². The largest absolute Gasteiger partial charge is 0.457 e. The number of nitrogens with zero attached hydrogens (tertiary/aromatic N) is 5. The first-order valence-electron chi connectivity index (χ1n) is 40.9. The summed E-state index contributed by atoms with van der Waals surface area (Å²) in [5.41, 5.74) is -6.24. The van der Waals surface area contributed by atoms with Crippen LogP contribution in [-0.2, 0) is 47.6 Å². The lowest BCUT2D eigenvalue weighted by Gasteiger charge is -2.34. The number of Topliss-reactive ketones (excluding diaryl/α,β-unsaturated/α-hetero) is 3. The van der Waals surface area contributed by atoms with E-state index in [-0.39, 0.29) is 22.8 Å². The highest BCUT2D eigenvalue weighted by molar-refractivity contribution is 7.73. The topological polar surface area (TPSA) is 595 Å². The van der Waals surface area contributed by atoms with Crippen LogP contribution in [0, 0.1) is 0 Å². The van der Waals surface area contributed by atoms with Gasteiger partial charge in [0, 0.05) is 43.5 Å². The Labute approximate surface area is 739 Å². The molecule has 6 aliphatic heterocycles. The molecule has 45 heteroatoms. The average molecular weight is 1900 g/mol. The van der Waals surface area contributed by atoms with Crippen LogP contribution in [0.3, 0.4) is 0 Å². The number of aliphatic hydroxyl groups excluding tert-OH is 10. The summed E-state index contributed by atoms with van der Waals surface area (Å²) in [5.74, 6) is -2.84. The first-order valence-corrected chi connectivity index (χ1v) is 56.2. The molecule has 10 rings (SSSR count). The van der Waals surface area contributed by atoms with Gasteiger partial charge in [-0.15, -0.1) is 65.9 Å². The molecule has 0 spiro atoms. The zero-order valence-corrected chi connectivity index (χ0v) is 79.3. The molecule has 20 atom stereocenters. The SMILES string of the molecule is C=C1NC(=O)C(C)=CN1[C@@H]1O[C@H](CCP(=C)(C)C)[C@@H](O)C1O.C=P(C)(C)CC[C@H]1O[C@@H](n2cc(/C=C/C(C)=O)c(=O)[nH]c2=O)C(O)[C@@H]1O.C=P(C)(C)CC[C@H]1O[C@@H](n2cc(/C=C/CC)c(=O)[nH]c2=O)C(O)[C@@H]1O.C=P(C)(C)CC[C@H]1O[C@@H](n2cc(C(=O)CC(C)=O)c(=O)[nH]c2=O)C(O)[C@@H]1O.C=P(C)(C)CC[C@H]1O[C@@H](n2cc(C(=O)COC(C)=O)c(=O)[nH]c2=O)C(O)[C@@H]1O. The lowest BCUT2D eigenvalue weighted by atomic mass is 10.1. The third-order valence-electron chi connectivity index (χ3n) is 20.8. The summed E-state index contributed by atoms with van der Waals surface area (Å²) in [7, 11) is 0. The molecule has 40 nitrogen and oxygen atoms in total. The molecule has 0 bridgehead atoms. The fourth-order valence-corrected chi connectivity index (χ4v) is 18.4.